The summed E-state index contributed by atoms with van der Waals surface area (Å²) < 4.78 is 0. The van der Waals surface area contributed by atoms with Crippen LogP contribution in [0.2, 0.25) is 5.02 Å². The Labute approximate surface area is 80.8 Å². The van der Waals surface area contributed by atoms with Crippen molar-refractivity contribution in [2.24, 2.45) is 0 Å². The van der Waals surface area contributed by atoms with Crippen LogP contribution in [0.1, 0.15) is 15.9 Å². The molecular formula is C10H7ClO2. The lowest BCUT2D eigenvalue weighted by Crippen LogP contribution is -1.85. The average Bonchev–Trinajstić information content (AvgIpc) is 2.16. The molecule has 2 nitrogen and oxygen atoms in total. The summed E-state index contributed by atoms with van der Waals surface area (Å²) >= 11 is 5.68. The standard InChI is InChI=1S/C10H7ClO2/c11-10-4-3-8(2-1-5-12)9(6-10)7-13/h1-7H/b2-1+. The monoisotopic (exact) mass is 194 g/mol. The molecule has 0 aliphatic carbocycles. The zero-order valence-electron chi connectivity index (χ0n) is 6.74. The third kappa shape index (κ3) is 2.53. The molecule has 0 unspecified atom stereocenters. The summed E-state index contributed by atoms with van der Waals surface area (Å²) in [6, 6.07) is 4.91. The van der Waals surface area contributed by atoms with Crippen molar-refractivity contribution in [3.63, 3.8) is 0 Å². The number of carbonyl (C=O) groups excluding carboxylic acids is 2. The molecule has 1 aromatic rings. The highest BCUT2D eigenvalue weighted by atomic mass is 35.5. The van der Waals surface area contributed by atoms with Gasteiger partial charge < -0.3 is 0 Å². The lowest BCUT2D eigenvalue weighted by Gasteiger charge is -1.97. The number of halogens is 1. The quantitative estimate of drug-likeness (QED) is 0.547. The van der Waals surface area contributed by atoms with Gasteiger partial charge >= 0.3 is 0 Å². The maximum absolute atomic E-state index is 10.6. The number of hydrogen-bond acceptors (Lipinski definition) is 2. The Kier molecular flexibility index (Phi) is 3.41. The fraction of sp³-hybridized carbons (Fsp3) is 0. The number of allylic oxidation sites excluding steroid dienone is 1. The van der Waals surface area contributed by atoms with Crippen LogP contribution < -0.4 is 0 Å². The maximum Gasteiger partial charge on any atom is 0.150 e. The second-order valence-corrected chi connectivity index (χ2v) is 2.82. The van der Waals surface area contributed by atoms with Gasteiger partial charge in [0.25, 0.3) is 0 Å². The van der Waals surface area contributed by atoms with Crippen LogP contribution in [0.15, 0.2) is 24.3 Å². The summed E-state index contributed by atoms with van der Waals surface area (Å²) in [6.45, 7) is 0. The average molecular weight is 195 g/mol. The summed E-state index contributed by atoms with van der Waals surface area (Å²) in [6.07, 6.45) is 4.25. The molecule has 0 N–H and O–H groups in total. The van der Waals surface area contributed by atoms with Crippen molar-refractivity contribution in [2.75, 3.05) is 0 Å². The molecule has 13 heavy (non-hydrogen) atoms. The number of rotatable bonds is 3. The predicted molar refractivity (Wildman–Crippen MR) is 51.9 cm³/mol. The fourth-order valence-corrected chi connectivity index (χ4v) is 1.12. The molecule has 0 aliphatic rings. The summed E-state index contributed by atoms with van der Waals surface area (Å²) in [5, 5.41) is 0.505. The molecule has 0 spiro atoms. The summed E-state index contributed by atoms with van der Waals surface area (Å²) in [5.74, 6) is 0. The fourth-order valence-electron chi connectivity index (χ4n) is 0.942. The molecule has 1 rings (SSSR count). The normalized spacial score (nSPS) is 10.2. The van der Waals surface area contributed by atoms with Gasteiger partial charge in [0.15, 0.2) is 6.29 Å². The molecule has 0 bridgehead atoms. The van der Waals surface area contributed by atoms with Crippen molar-refractivity contribution in [3.8, 4) is 0 Å². The van der Waals surface area contributed by atoms with Gasteiger partial charge in [0.1, 0.15) is 6.29 Å². The van der Waals surface area contributed by atoms with Gasteiger partial charge in [-0.3, -0.25) is 9.59 Å². The topological polar surface area (TPSA) is 34.1 Å². The van der Waals surface area contributed by atoms with Gasteiger partial charge in [-0.15, -0.1) is 0 Å². The van der Waals surface area contributed by atoms with Crippen LogP contribution in [0.5, 0.6) is 0 Å². The van der Waals surface area contributed by atoms with E-state index in [0.29, 0.717) is 28.7 Å². The van der Waals surface area contributed by atoms with E-state index in [1.165, 1.54) is 6.08 Å². The summed E-state index contributed by atoms with van der Waals surface area (Å²) in [7, 11) is 0. The van der Waals surface area contributed by atoms with Crippen molar-refractivity contribution in [2.45, 2.75) is 0 Å². The van der Waals surface area contributed by atoms with Crippen LogP contribution in [-0.4, -0.2) is 12.6 Å². The number of hydrogen-bond donors (Lipinski definition) is 0. The van der Waals surface area contributed by atoms with Gasteiger partial charge in [0.2, 0.25) is 0 Å². The van der Waals surface area contributed by atoms with Crippen LogP contribution in [-0.2, 0) is 4.79 Å². The van der Waals surface area contributed by atoms with Gasteiger partial charge in [0.05, 0.1) is 0 Å². The zero-order chi connectivity index (χ0) is 9.68. The zero-order valence-corrected chi connectivity index (χ0v) is 7.49. The van der Waals surface area contributed by atoms with Crippen molar-refractivity contribution in [1.29, 1.82) is 0 Å². The second-order valence-electron chi connectivity index (χ2n) is 2.39. The first-order valence-corrected chi connectivity index (χ1v) is 4.02. The van der Waals surface area contributed by atoms with Crippen molar-refractivity contribution in [3.05, 3.63) is 40.4 Å². The molecule has 0 radical (unpaired) electrons. The third-order valence-corrected chi connectivity index (χ3v) is 1.77. The van der Waals surface area contributed by atoms with E-state index in [9.17, 15) is 9.59 Å². The van der Waals surface area contributed by atoms with Gasteiger partial charge in [-0.1, -0.05) is 23.7 Å². The van der Waals surface area contributed by atoms with E-state index in [1.807, 2.05) is 0 Å². The molecule has 0 saturated heterocycles. The first kappa shape index (κ1) is 9.68. The molecule has 0 saturated carbocycles. The minimum Gasteiger partial charge on any atom is -0.299 e. The Hall–Kier alpha value is -1.41. The van der Waals surface area contributed by atoms with Gasteiger partial charge in [0, 0.05) is 10.6 Å². The van der Waals surface area contributed by atoms with E-state index < -0.39 is 0 Å². The molecule has 1 aromatic carbocycles. The van der Waals surface area contributed by atoms with E-state index in [-0.39, 0.29) is 0 Å². The molecular weight excluding hydrogens is 188 g/mol. The largest absolute Gasteiger partial charge is 0.299 e. The highest BCUT2D eigenvalue weighted by Crippen LogP contribution is 2.15. The summed E-state index contributed by atoms with van der Waals surface area (Å²) in [4.78, 5) is 20.6. The van der Waals surface area contributed by atoms with Crippen LogP contribution in [0, 0.1) is 0 Å². The molecule has 0 fully saturated rings. The Morgan fingerprint density at radius 1 is 1.15 bits per heavy atom. The molecule has 66 valence electrons. The second kappa shape index (κ2) is 4.58. The Morgan fingerprint density at radius 2 is 1.92 bits per heavy atom. The van der Waals surface area contributed by atoms with Crippen molar-refractivity contribution < 1.29 is 9.59 Å². The molecule has 0 aromatic heterocycles. The van der Waals surface area contributed by atoms with E-state index in [0.717, 1.165) is 0 Å². The molecule has 0 aliphatic heterocycles. The Bertz CT molecular complexity index is 356. The van der Waals surface area contributed by atoms with Crippen LogP contribution >= 0.6 is 11.6 Å². The third-order valence-electron chi connectivity index (χ3n) is 1.53. The van der Waals surface area contributed by atoms with Crippen molar-refractivity contribution in [1.82, 2.24) is 0 Å². The Balaban J connectivity index is 3.12. The molecule has 0 atom stereocenters. The number of aldehydes is 2. The van der Waals surface area contributed by atoms with Gasteiger partial charge in [-0.25, -0.2) is 0 Å². The predicted octanol–water partition coefficient (Wildman–Crippen LogP) is 2.36. The van der Waals surface area contributed by atoms with Crippen LogP contribution in [0.4, 0.5) is 0 Å². The number of carbonyl (C=O) groups is 2. The van der Waals surface area contributed by atoms with E-state index >= 15 is 0 Å². The molecule has 0 amide bonds. The highest BCUT2D eigenvalue weighted by molar-refractivity contribution is 6.30. The SMILES string of the molecule is O=C/C=C/c1ccc(Cl)cc1C=O. The molecule has 3 heteroatoms. The van der Waals surface area contributed by atoms with E-state index in [1.54, 1.807) is 24.3 Å². The highest BCUT2D eigenvalue weighted by Gasteiger charge is 1.98. The maximum atomic E-state index is 10.6. The lowest BCUT2D eigenvalue weighted by atomic mass is 10.1. The minimum absolute atomic E-state index is 0.477. The number of benzene rings is 1. The minimum atomic E-state index is 0.477. The van der Waals surface area contributed by atoms with E-state index in [4.69, 9.17) is 11.6 Å². The van der Waals surface area contributed by atoms with Crippen molar-refractivity contribution >= 4 is 30.2 Å². The van der Waals surface area contributed by atoms with Crippen LogP contribution in [0.3, 0.4) is 0 Å². The van der Waals surface area contributed by atoms with Gasteiger partial charge in [-0.2, -0.15) is 0 Å². The van der Waals surface area contributed by atoms with E-state index in [2.05, 4.69) is 0 Å². The first-order chi connectivity index (χ1) is 6.27. The van der Waals surface area contributed by atoms with Gasteiger partial charge in [-0.05, 0) is 23.8 Å². The van der Waals surface area contributed by atoms with Crippen LogP contribution in [0.25, 0.3) is 6.08 Å². The first-order valence-electron chi connectivity index (χ1n) is 3.64. The smallest absolute Gasteiger partial charge is 0.150 e. The molecule has 0 heterocycles. The Morgan fingerprint density at radius 3 is 2.54 bits per heavy atom. The summed E-state index contributed by atoms with van der Waals surface area (Å²) in [5.41, 5.74) is 1.16. The lowest BCUT2D eigenvalue weighted by molar-refractivity contribution is -0.104.